The van der Waals surface area contributed by atoms with Gasteiger partial charge in [-0.15, -0.1) is 0 Å². The van der Waals surface area contributed by atoms with E-state index in [0.29, 0.717) is 17.4 Å². The number of amides is 1. The van der Waals surface area contributed by atoms with Crippen LogP contribution in [0.4, 0.5) is 5.69 Å². The molecule has 3 rings (SSSR count). The van der Waals surface area contributed by atoms with E-state index in [1.54, 1.807) is 24.3 Å². The molecule has 0 aromatic heterocycles. The highest BCUT2D eigenvalue weighted by molar-refractivity contribution is 7.90. The number of anilines is 1. The van der Waals surface area contributed by atoms with Crippen LogP contribution in [0.15, 0.2) is 53.4 Å². The Bertz CT molecular complexity index is 853. The Balaban J connectivity index is 1.66. The van der Waals surface area contributed by atoms with Crippen molar-refractivity contribution >= 4 is 21.4 Å². The van der Waals surface area contributed by atoms with Crippen molar-refractivity contribution in [3.8, 4) is 5.75 Å². The monoisotopic (exact) mass is 359 g/mol. The predicted octanol–water partition coefficient (Wildman–Crippen LogP) is 3.66. The zero-order chi connectivity index (χ0) is 17.9. The summed E-state index contributed by atoms with van der Waals surface area (Å²) in [4.78, 5) is 12.4. The highest BCUT2D eigenvalue weighted by Crippen LogP contribution is 2.25. The van der Waals surface area contributed by atoms with Gasteiger partial charge in [0.15, 0.2) is 9.84 Å². The van der Waals surface area contributed by atoms with Crippen LogP contribution in [0.25, 0.3) is 0 Å². The summed E-state index contributed by atoms with van der Waals surface area (Å²) < 4.78 is 29.1. The predicted molar refractivity (Wildman–Crippen MR) is 96.8 cm³/mol. The van der Waals surface area contributed by atoms with Crippen molar-refractivity contribution in [1.29, 1.82) is 0 Å². The van der Waals surface area contributed by atoms with E-state index in [0.717, 1.165) is 24.8 Å². The van der Waals surface area contributed by atoms with Crippen LogP contribution in [-0.4, -0.2) is 26.7 Å². The SMILES string of the molecule is CS(=O)(=O)c1cccc(C(=O)Nc2ccc(OC3CCCC3)cc2)c1. The second kappa shape index (κ2) is 7.27. The maximum atomic E-state index is 12.3. The van der Waals surface area contributed by atoms with Crippen molar-refractivity contribution in [3.05, 3.63) is 54.1 Å². The van der Waals surface area contributed by atoms with Crippen LogP contribution >= 0.6 is 0 Å². The number of rotatable bonds is 5. The molecule has 1 amide bonds. The molecule has 1 aliphatic carbocycles. The maximum Gasteiger partial charge on any atom is 0.255 e. The molecule has 0 aliphatic heterocycles. The van der Waals surface area contributed by atoms with Crippen LogP contribution in [0.2, 0.25) is 0 Å². The van der Waals surface area contributed by atoms with E-state index in [1.807, 2.05) is 12.1 Å². The lowest BCUT2D eigenvalue weighted by atomic mass is 10.2. The van der Waals surface area contributed by atoms with Crippen LogP contribution < -0.4 is 10.1 Å². The Hall–Kier alpha value is -2.34. The van der Waals surface area contributed by atoms with Crippen molar-refractivity contribution in [3.63, 3.8) is 0 Å². The van der Waals surface area contributed by atoms with Crippen LogP contribution in [0, 0.1) is 0 Å². The van der Waals surface area contributed by atoms with Gasteiger partial charge in [0.05, 0.1) is 11.0 Å². The summed E-state index contributed by atoms with van der Waals surface area (Å²) >= 11 is 0. The zero-order valence-corrected chi connectivity index (χ0v) is 14.9. The minimum absolute atomic E-state index is 0.125. The largest absolute Gasteiger partial charge is 0.490 e. The normalized spacial score (nSPS) is 15.1. The van der Waals surface area contributed by atoms with Gasteiger partial charge in [0.2, 0.25) is 0 Å². The van der Waals surface area contributed by atoms with E-state index < -0.39 is 9.84 Å². The lowest BCUT2D eigenvalue weighted by Gasteiger charge is -2.13. The number of ether oxygens (including phenoxy) is 1. The third-order valence-electron chi connectivity index (χ3n) is 4.24. The van der Waals surface area contributed by atoms with Crippen molar-refractivity contribution in [1.82, 2.24) is 0 Å². The molecule has 1 N–H and O–H groups in total. The van der Waals surface area contributed by atoms with Crippen molar-refractivity contribution < 1.29 is 17.9 Å². The molecule has 0 bridgehead atoms. The Morgan fingerprint density at radius 1 is 1.08 bits per heavy atom. The van der Waals surface area contributed by atoms with E-state index in [9.17, 15) is 13.2 Å². The lowest BCUT2D eigenvalue weighted by molar-refractivity contribution is 0.102. The van der Waals surface area contributed by atoms with Gasteiger partial charge in [0.25, 0.3) is 5.91 Å². The molecule has 1 aliphatic rings. The quantitative estimate of drug-likeness (QED) is 0.884. The van der Waals surface area contributed by atoms with Gasteiger partial charge >= 0.3 is 0 Å². The van der Waals surface area contributed by atoms with E-state index >= 15 is 0 Å². The number of benzene rings is 2. The first-order valence-electron chi connectivity index (χ1n) is 8.30. The third kappa shape index (κ3) is 4.60. The first kappa shape index (κ1) is 17.5. The molecule has 0 saturated heterocycles. The average molecular weight is 359 g/mol. The number of sulfone groups is 1. The van der Waals surface area contributed by atoms with E-state index in [4.69, 9.17) is 4.74 Å². The van der Waals surface area contributed by atoms with Gasteiger partial charge in [0.1, 0.15) is 5.75 Å². The molecule has 0 spiro atoms. The van der Waals surface area contributed by atoms with Crippen molar-refractivity contribution in [2.24, 2.45) is 0 Å². The molecule has 25 heavy (non-hydrogen) atoms. The molecular weight excluding hydrogens is 338 g/mol. The highest BCUT2D eigenvalue weighted by atomic mass is 32.2. The first-order chi connectivity index (χ1) is 11.9. The molecule has 6 heteroatoms. The minimum Gasteiger partial charge on any atom is -0.490 e. The molecule has 1 saturated carbocycles. The van der Waals surface area contributed by atoms with Crippen LogP contribution in [-0.2, 0) is 9.84 Å². The fourth-order valence-corrected chi connectivity index (χ4v) is 3.55. The topological polar surface area (TPSA) is 72.5 Å². The molecule has 1 fully saturated rings. The second-order valence-corrected chi connectivity index (χ2v) is 8.32. The van der Waals surface area contributed by atoms with Crippen molar-refractivity contribution in [2.75, 3.05) is 11.6 Å². The Labute approximate surface area is 147 Å². The van der Waals surface area contributed by atoms with E-state index in [-0.39, 0.29) is 10.8 Å². The Kier molecular flexibility index (Phi) is 5.08. The highest BCUT2D eigenvalue weighted by Gasteiger charge is 2.16. The minimum atomic E-state index is -3.35. The molecule has 0 unspecified atom stereocenters. The number of carbonyl (C=O) groups excluding carboxylic acids is 1. The standard InChI is InChI=1S/C19H21NO4S/c1-25(22,23)18-8-4-5-14(13-18)19(21)20-15-9-11-17(12-10-15)24-16-6-2-3-7-16/h4-5,8-13,16H,2-3,6-7H2,1H3,(H,20,21). The smallest absolute Gasteiger partial charge is 0.255 e. The van der Waals surface area contributed by atoms with Gasteiger partial charge < -0.3 is 10.1 Å². The molecule has 0 atom stereocenters. The lowest BCUT2D eigenvalue weighted by Crippen LogP contribution is -2.13. The number of carbonyl (C=O) groups is 1. The molecule has 0 radical (unpaired) electrons. The summed E-state index contributed by atoms with van der Waals surface area (Å²) in [5, 5.41) is 2.77. The van der Waals surface area contributed by atoms with Gasteiger partial charge in [-0.3, -0.25) is 4.79 Å². The molecule has 2 aromatic rings. The molecule has 5 nitrogen and oxygen atoms in total. The fraction of sp³-hybridized carbons (Fsp3) is 0.316. The third-order valence-corrected chi connectivity index (χ3v) is 5.35. The average Bonchev–Trinajstić information content (AvgIpc) is 3.09. The summed E-state index contributed by atoms with van der Waals surface area (Å²) in [6.45, 7) is 0. The Morgan fingerprint density at radius 3 is 2.40 bits per heavy atom. The maximum absolute atomic E-state index is 12.3. The first-order valence-corrected chi connectivity index (χ1v) is 10.2. The van der Waals surface area contributed by atoms with Gasteiger partial charge in [-0.05, 0) is 68.1 Å². The molecule has 132 valence electrons. The van der Waals surface area contributed by atoms with Crippen LogP contribution in [0.1, 0.15) is 36.0 Å². The van der Waals surface area contributed by atoms with Gasteiger partial charge in [0, 0.05) is 17.5 Å². The van der Waals surface area contributed by atoms with Crippen molar-refractivity contribution in [2.45, 2.75) is 36.7 Å². The number of hydrogen-bond acceptors (Lipinski definition) is 4. The fourth-order valence-electron chi connectivity index (χ4n) is 2.89. The van der Waals surface area contributed by atoms with E-state index in [2.05, 4.69) is 5.32 Å². The van der Waals surface area contributed by atoms with Gasteiger partial charge in [-0.2, -0.15) is 0 Å². The second-order valence-electron chi connectivity index (χ2n) is 6.30. The summed E-state index contributed by atoms with van der Waals surface area (Å²) in [6, 6.07) is 13.2. The van der Waals surface area contributed by atoms with E-state index in [1.165, 1.54) is 25.0 Å². The molecule has 0 heterocycles. The summed E-state index contributed by atoms with van der Waals surface area (Å²) in [5.41, 5.74) is 0.933. The molecular formula is C19H21NO4S. The van der Waals surface area contributed by atoms with Gasteiger partial charge in [-0.25, -0.2) is 8.42 Å². The number of hydrogen-bond donors (Lipinski definition) is 1. The zero-order valence-electron chi connectivity index (χ0n) is 14.1. The van der Waals surface area contributed by atoms with Gasteiger partial charge in [-0.1, -0.05) is 6.07 Å². The summed E-state index contributed by atoms with van der Waals surface area (Å²) in [5.74, 6) is 0.443. The van der Waals surface area contributed by atoms with Crippen LogP contribution in [0.3, 0.4) is 0 Å². The summed E-state index contributed by atoms with van der Waals surface area (Å²) in [7, 11) is -3.35. The summed E-state index contributed by atoms with van der Waals surface area (Å²) in [6.07, 6.45) is 6.02. The Morgan fingerprint density at radius 2 is 1.76 bits per heavy atom. The molecule has 2 aromatic carbocycles. The number of nitrogens with one attached hydrogen (secondary N) is 1. The van der Waals surface area contributed by atoms with Crippen LogP contribution in [0.5, 0.6) is 5.75 Å².